The van der Waals surface area contributed by atoms with Gasteiger partial charge in [0.2, 0.25) is 0 Å². The average molecular weight is 213 g/mol. The summed E-state index contributed by atoms with van der Waals surface area (Å²) in [5.74, 6) is 0. The van der Waals surface area contributed by atoms with Crippen LogP contribution >= 0.6 is 11.8 Å². The average Bonchev–Trinajstić information content (AvgIpc) is 2.16. The highest BCUT2D eigenvalue weighted by Gasteiger charge is 2.18. The minimum absolute atomic E-state index is 0.292. The Morgan fingerprint density at radius 2 is 1.86 bits per heavy atom. The van der Waals surface area contributed by atoms with E-state index in [0.717, 1.165) is 17.8 Å². The lowest BCUT2D eigenvalue weighted by Gasteiger charge is -1.98. The third-order valence-corrected chi connectivity index (χ3v) is 2.16. The molecule has 0 unspecified atom stereocenters. The Morgan fingerprint density at radius 1 is 1.21 bits per heavy atom. The lowest BCUT2D eigenvalue weighted by Crippen LogP contribution is -1.93. The highest BCUT2D eigenvalue weighted by atomic mass is 32.2. The van der Waals surface area contributed by atoms with Gasteiger partial charge in [-0.2, -0.15) is 0 Å². The van der Waals surface area contributed by atoms with E-state index in [1.807, 2.05) is 0 Å². The van der Waals surface area contributed by atoms with Crippen molar-refractivity contribution < 1.29 is 9.85 Å². The topological polar surface area (TPSA) is 86.3 Å². The summed E-state index contributed by atoms with van der Waals surface area (Å²) in [5, 5.41) is 20.8. The van der Waals surface area contributed by atoms with Gasteiger partial charge in [-0.15, -0.1) is 11.8 Å². The number of rotatable bonds is 3. The fourth-order valence-electron chi connectivity index (χ4n) is 0.884. The van der Waals surface area contributed by atoms with Gasteiger partial charge in [-0.3, -0.25) is 20.2 Å². The van der Waals surface area contributed by atoms with Crippen LogP contribution in [0.4, 0.5) is 11.4 Å². The van der Waals surface area contributed by atoms with Gasteiger partial charge in [0.05, 0.1) is 20.8 Å². The molecule has 1 aromatic rings. The molecule has 0 saturated heterocycles. The Morgan fingerprint density at radius 3 is 2.29 bits per heavy atom. The smallest absolute Gasteiger partial charge is 0.258 e. The van der Waals surface area contributed by atoms with Crippen molar-refractivity contribution in [1.29, 1.82) is 0 Å². The van der Waals surface area contributed by atoms with Gasteiger partial charge in [0.25, 0.3) is 11.4 Å². The maximum Gasteiger partial charge on any atom is 0.289 e. The Bertz CT molecular complexity index is 393. The van der Waals surface area contributed by atoms with Gasteiger partial charge in [0.15, 0.2) is 0 Å². The first-order chi connectivity index (χ1) is 6.56. The molecule has 1 rings (SSSR count). The first kappa shape index (κ1) is 10.5. The molecule has 7 heteroatoms. The molecular formula is C7H5N2O4S. The van der Waals surface area contributed by atoms with Crippen LogP contribution in [0.5, 0.6) is 0 Å². The van der Waals surface area contributed by atoms with Gasteiger partial charge in [-0.1, -0.05) is 0 Å². The first-order valence-corrected chi connectivity index (χ1v) is 4.39. The van der Waals surface area contributed by atoms with E-state index >= 15 is 0 Å². The summed E-state index contributed by atoms with van der Waals surface area (Å²) in [6.45, 7) is 0. The summed E-state index contributed by atoms with van der Waals surface area (Å²) < 4.78 is 0. The number of non-ortho nitro benzene ring substituents is 1. The Hall–Kier alpha value is -1.63. The van der Waals surface area contributed by atoms with E-state index in [4.69, 9.17) is 0 Å². The van der Waals surface area contributed by atoms with Crippen LogP contribution in [0.3, 0.4) is 0 Å². The van der Waals surface area contributed by atoms with E-state index in [0.29, 0.717) is 4.90 Å². The standard InChI is InChI=1S/C7H5N2O4S/c1-14-7-3-2-5(8(10)11)4-6(7)9(12)13/h2-4H,1H2. The number of nitrogens with zero attached hydrogens (tertiary/aromatic N) is 2. The van der Waals surface area contributed by atoms with Crippen molar-refractivity contribution >= 4 is 23.1 Å². The maximum atomic E-state index is 10.5. The van der Waals surface area contributed by atoms with Crippen molar-refractivity contribution in [3.63, 3.8) is 0 Å². The molecule has 0 heterocycles. The lowest BCUT2D eigenvalue weighted by atomic mass is 10.3. The predicted octanol–water partition coefficient (Wildman–Crippen LogP) is 2.39. The molecule has 73 valence electrons. The van der Waals surface area contributed by atoms with Crippen molar-refractivity contribution in [2.75, 3.05) is 0 Å². The van der Waals surface area contributed by atoms with Crippen LogP contribution in [-0.4, -0.2) is 9.85 Å². The summed E-state index contributed by atoms with van der Waals surface area (Å²) in [6.07, 6.45) is 3.42. The third-order valence-electron chi connectivity index (χ3n) is 1.51. The van der Waals surface area contributed by atoms with E-state index in [2.05, 4.69) is 6.26 Å². The molecule has 0 bridgehead atoms. The molecule has 0 aliphatic carbocycles. The number of nitro benzene ring substituents is 2. The van der Waals surface area contributed by atoms with Crippen LogP contribution in [0, 0.1) is 26.5 Å². The van der Waals surface area contributed by atoms with Crippen LogP contribution in [0.1, 0.15) is 0 Å². The molecule has 0 N–H and O–H groups in total. The van der Waals surface area contributed by atoms with E-state index in [1.54, 1.807) is 0 Å². The van der Waals surface area contributed by atoms with Crippen molar-refractivity contribution in [2.24, 2.45) is 0 Å². The highest BCUT2D eigenvalue weighted by molar-refractivity contribution is 8.00. The van der Waals surface area contributed by atoms with Gasteiger partial charge in [0.1, 0.15) is 0 Å². The lowest BCUT2D eigenvalue weighted by molar-refractivity contribution is -0.396. The summed E-state index contributed by atoms with van der Waals surface area (Å²) in [5.41, 5.74) is -0.589. The second-order valence-corrected chi connectivity index (χ2v) is 3.04. The van der Waals surface area contributed by atoms with Crippen LogP contribution in [-0.2, 0) is 0 Å². The van der Waals surface area contributed by atoms with Crippen molar-refractivity contribution in [3.05, 3.63) is 44.7 Å². The van der Waals surface area contributed by atoms with Gasteiger partial charge in [-0.25, -0.2) is 0 Å². The first-order valence-electron chi connectivity index (χ1n) is 3.41. The number of benzene rings is 1. The molecular weight excluding hydrogens is 208 g/mol. The molecule has 0 fully saturated rings. The number of nitro groups is 2. The fourth-order valence-corrected chi connectivity index (χ4v) is 1.33. The maximum absolute atomic E-state index is 10.5. The molecule has 0 saturated carbocycles. The van der Waals surface area contributed by atoms with Gasteiger partial charge < -0.3 is 0 Å². The monoisotopic (exact) mass is 213 g/mol. The van der Waals surface area contributed by atoms with Gasteiger partial charge >= 0.3 is 0 Å². The SMILES string of the molecule is [CH2]Sc1ccc([N+](=O)[O-])cc1[N+](=O)[O-]. The molecule has 1 aromatic carbocycles. The quantitative estimate of drug-likeness (QED) is 0.437. The van der Waals surface area contributed by atoms with E-state index in [-0.39, 0.29) is 11.4 Å². The second-order valence-electron chi connectivity index (χ2n) is 2.31. The summed E-state index contributed by atoms with van der Waals surface area (Å²) in [4.78, 5) is 19.8. The number of hydrogen-bond acceptors (Lipinski definition) is 5. The molecule has 0 aliphatic heterocycles. The largest absolute Gasteiger partial charge is 0.289 e. The zero-order chi connectivity index (χ0) is 10.7. The van der Waals surface area contributed by atoms with E-state index in [1.165, 1.54) is 12.1 Å². The number of thioether (sulfide) groups is 1. The van der Waals surface area contributed by atoms with Crippen LogP contribution < -0.4 is 0 Å². The van der Waals surface area contributed by atoms with E-state index < -0.39 is 9.85 Å². The molecule has 14 heavy (non-hydrogen) atoms. The van der Waals surface area contributed by atoms with Gasteiger partial charge in [0, 0.05) is 12.3 Å². The van der Waals surface area contributed by atoms with Crippen LogP contribution in [0.25, 0.3) is 0 Å². The summed E-state index contributed by atoms with van der Waals surface area (Å²) in [7, 11) is 0. The van der Waals surface area contributed by atoms with Gasteiger partial charge in [-0.05, 0) is 6.07 Å². The van der Waals surface area contributed by atoms with E-state index in [9.17, 15) is 20.2 Å². The fraction of sp³-hybridized carbons (Fsp3) is 0. The Kier molecular flexibility index (Phi) is 3.03. The molecule has 0 aromatic heterocycles. The summed E-state index contributed by atoms with van der Waals surface area (Å²) in [6, 6.07) is 3.45. The normalized spacial score (nSPS) is 9.79. The zero-order valence-electron chi connectivity index (χ0n) is 6.87. The third kappa shape index (κ3) is 1.99. The highest BCUT2D eigenvalue weighted by Crippen LogP contribution is 2.31. The molecule has 0 spiro atoms. The van der Waals surface area contributed by atoms with Crippen LogP contribution in [0.15, 0.2) is 23.1 Å². The Balaban J connectivity index is 3.27. The Labute approximate surface area is 83.2 Å². The zero-order valence-corrected chi connectivity index (χ0v) is 7.69. The molecule has 0 aliphatic rings. The number of hydrogen-bond donors (Lipinski definition) is 0. The molecule has 6 nitrogen and oxygen atoms in total. The van der Waals surface area contributed by atoms with Crippen LogP contribution in [0.2, 0.25) is 0 Å². The molecule has 1 radical (unpaired) electrons. The second kappa shape index (κ2) is 4.05. The minimum Gasteiger partial charge on any atom is -0.258 e. The minimum atomic E-state index is -0.676. The van der Waals surface area contributed by atoms with Crippen molar-refractivity contribution in [2.45, 2.75) is 4.90 Å². The van der Waals surface area contributed by atoms with Crippen molar-refractivity contribution in [3.8, 4) is 0 Å². The molecule has 0 atom stereocenters. The predicted molar refractivity (Wildman–Crippen MR) is 51.0 cm³/mol. The molecule has 0 amide bonds. The summed E-state index contributed by atoms with van der Waals surface area (Å²) >= 11 is 0.930. The van der Waals surface area contributed by atoms with Crippen molar-refractivity contribution in [1.82, 2.24) is 0 Å².